The van der Waals surface area contributed by atoms with Crippen molar-refractivity contribution in [3.8, 4) is 6.07 Å². The molecule has 0 saturated heterocycles. The van der Waals surface area contributed by atoms with Crippen molar-refractivity contribution in [1.29, 1.82) is 5.26 Å². The van der Waals surface area contributed by atoms with Gasteiger partial charge >= 0.3 is 0 Å². The monoisotopic (exact) mass is 247 g/mol. The molecule has 0 aliphatic heterocycles. The Morgan fingerprint density at radius 2 is 2.28 bits per heavy atom. The lowest BCUT2D eigenvalue weighted by Gasteiger charge is -2.07. The molecule has 2 N–H and O–H groups in total. The van der Waals surface area contributed by atoms with E-state index in [0.29, 0.717) is 0 Å². The van der Waals surface area contributed by atoms with Crippen molar-refractivity contribution in [2.24, 2.45) is 0 Å². The molecule has 18 heavy (non-hydrogen) atoms. The van der Waals surface area contributed by atoms with Crippen LogP contribution in [0.5, 0.6) is 0 Å². The maximum absolute atomic E-state index is 11.8. The van der Waals surface area contributed by atoms with Gasteiger partial charge in [-0.25, -0.2) is 0 Å². The van der Waals surface area contributed by atoms with Crippen molar-refractivity contribution < 1.29 is 4.79 Å². The van der Waals surface area contributed by atoms with Gasteiger partial charge < -0.3 is 10.3 Å². The molecule has 0 unspecified atom stereocenters. The molecule has 0 spiro atoms. The zero-order valence-corrected chi connectivity index (χ0v) is 10.7. The van der Waals surface area contributed by atoms with Crippen molar-refractivity contribution >= 4 is 5.91 Å². The minimum atomic E-state index is -0.433. The normalized spacial score (nSPS) is 9.83. The van der Waals surface area contributed by atoms with Crippen LogP contribution in [-0.4, -0.2) is 17.4 Å². The maximum Gasteiger partial charge on any atom is 0.261 e. The average Bonchev–Trinajstić information content (AvgIpc) is 2.34. The number of amides is 1. The summed E-state index contributed by atoms with van der Waals surface area (Å²) in [6.45, 7) is 4.15. The number of pyridine rings is 1. The van der Waals surface area contributed by atoms with Gasteiger partial charge in [-0.05, 0) is 25.0 Å². The van der Waals surface area contributed by atoms with E-state index in [-0.39, 0.29) is 24.1 Å². The fourth-order valence-electron chi connectivity index (χ4n) is 1.68. The van der Waals surface area contributed by atoms with Crippen LogP contribution < -0.4 is 10.9 Å². The third-order valence-electron chi connectivity index (χ3n) is 2.61. The predicted molar refractivity (Wildman–Crippen MR) is 68.4 cm³/mol. The molecule has 0 aliphatic carbocycles. The SMILES string of the molecule is CCCc1[nH]c(=O)c(C(=O)NCCC#N)cc1C. The van der Waals surface area contributed by atoms with E-state index in [1.54, 1.807) is 6.07 Å². The highest BCUT2D eigenvalue weighted by molar-refractivity contribution is 5.94. The van der Waals surface area contributed by atoms with Crippen LogP contribution in [-0.2, 0) is 6.42 Å². The van der Waals surface area contributed by atoms with Crippen molar-refractivity contribution in [1.82, 2.24) is 10.3 Å². The Kier molecular flexibility index (Phi) is 5.12. The quantitative estimate of drug-likeness (QED) is 0.768. The number of hydrogen-bond donors (Lipinski definition) is 2. The van der Waals surface area contributed by atoms with Crippen LogP contribution in [0.2, 0.25) is 0 Å². The Labute approximate surface area is 106 Å². The summed E-state index contributed by atoms with van der Waals surface area (Å²) in [5.74, 6) is -0.433. The number of nitrogens with zero attached hydrogens (tertiary/aromatic N) is 1. The molecule has 5 heteroatoms. The molecule has 1 heterocycles. The van der Waals surface area contributed by atoms with Crippen molar-refractivity contribution in [2.75, 3.05) is 6.54 Å². The molecule has 0 saturated carbocycles. The zero-order valence-electron chi connectivity index (χ0n) is 10.7. The standard InChI is InChI=1S/C13H17N3O2/c1-3-5-11-9(2)8-10(13(18)16-11)12(17)15-7-4-6-14/h8H,3-5,7H2,1-2H3,(H,15,17)(H,16,18). The molecule has 0 bridgehead atoms. The van der Waals surface area contributed by atoms with Gasteiger partial charge in [-0.15, -0.1) is 0 Å². The Bertz CT molecular complexity index is 526. The van der Waals surface area contributed by atoms with Gasteiger partial charge in [-0.3, -0.25) is 9.59 Å². The Morgan fingerprint density at radius 3 is 2.89 bits per heavy atom. The molecule has 1 aromatic rings. The van der Waals surface area contributed by atoms with Crippen molar-refractivity contribution in [3.63, 3.8) is 0 Å². The molecule has 1 aromatic heterocycles. The number of nitrogens with one attached hydrogen (secondary N) is 2. The summed E-state index contributed by atoms with van der Waals surface area (Å²) in [6, 6.07) is 3.53. The minimum absolute atomic E-state index is 0.102. The second kappa shape index (κ2) is 6.60. The van der Waals surface area contributed by atoms with Crippen molar-refractivity contribution in [3.05, 3.63) is 33.2 Å². The lowest BCUT2D eigenvalue weighted by molar-refractivity contribution is 0.0953. The predicted octanol–water partition coefficient (Wildman–Crippen LogP) is 1.28. The first-order valence-corrected chi connectivity index (χ1v) is 5.98. The Morgan fingerprint density at radius 1 is 1.56 bits per heavy atom. The number of H-pyrrole nitrogens is 1. The summed E-state index contributed by atoms with van der Waals surface area (Å²) in [5.41, 5.74) is 1.50. The molecule has 0 aromatic carbocycles. The largest absolute Gasteiger partial charge is 0.351 e. The summed E-state index contributed by atoms with van der Waals surface area (Å²) in [4.78, 5) is 26.2. The summed E-state index contributed by atoms with van der Waals surface area (Å²) in [7, 11) is 0. The number of hydrogen-bond acceptors (Lipinski definition) is 3. The van der Waals surface area contributed by atoms with Crippen LogP contribution in [0.15, 0.2) is 10.9 Å². The summed E-state index contributed by atoms with van der Waals surface area (Å²) < 4.78 is 0. The highest BCUT2D eigenvalue weighted by Crippen LogP contribution is 2.06. The van der Waals surface area contributed by atoms with E-state index in [1.165, 1.54) is 0 Å². The van der Waals surface area contributed by atoms with Gasteiger partial charge in [0.2, 0.25) is 0 Å². The number of carbonyl (C=O) groups excluding carboxylic acids is 1. The van der Waals surface area contributed by atoms with Crippen LogP contribution in [0.3, 0.4) is 0 Å². The van der Waals surface area contributed by atoms with Crippen LogP contribution in [0.25, 0.3) is 0 Å². The van der Waals surface area contributed by atoms with Gasteiger partial charge in [0.15, 0.2) is 0 Å². The Hall–Kier alpha value is -2.09. The van der Waals surface area contributed by atoms with Crippen LogP contribution in [0.4, 0.5) is 0 Å². The molecule has 5 nitrogen and oxygen atoms in total. The smallest absolute Gasteiger partial charge is 0.261 e. The molecule has 1 rings (SSSR count). The lowest BCUT2D eigenvalue weighted by atomic mass is 10.1. The number of nitriles is 1. The van der Waals surface area contributed by atoms with Crippen molar-refractivity contribution in [2.45, 2.75) is 33.1 Å². The van der Waals surface area contributed by atoms with Gasteiger partial charge in [-0.2, -0.15) is 5.26 Å². The van der Waals surface area contributed by atoms with Gasteiger partial charge in [0.25, 0.3) is 11.5 Å². The number of aromatic nitrogens is 1. The molecule has 0 fully saturated rings. The summed E-state index contributed by atoms with van der Waals surface area (Å²) in [6.07, 6.45) is 1.96. The summed E-state index contributed by atoms with van der Waals surface area (Å²) in [5, 5.41) is 10.9. The second-order valence-corrected chi connectivity index (χ2v) is 4.09. The third kappa shape index (κ3) is 3.45. The lowest BCUT2D eigenvalue weighted by Crippen LogP contribution is -2.31. The molecular formula is C13H17N3O2. The fraction of sp³-hybridized carbons (Fsp3) is 0.462. The van der Waals surface area contributed by atoms with Gasteiger partial charge in [0, 0.05) is 12.2 Å². The number of carbonyl (C=O) groups is 1. The molecular weight excluding hydrogens is 230 g/mol. The highest BCUT2D eigenvalue weighted by Gasteiger charge is 2.12. The van der Waals surface area contributed by atoms with E-state index in [2.05, 4.69) is 10.3 Å². The van der Waals surface area contributed by atoms with Gasteiger partial charge in [-0.1, -0.05) is 13.3 Å². The number of aromatic amines is 1. The van der Waals surface area contributed by atoms with E-state index in [0.717, 1.165) is 24.1 Å². The van der Waals surface area contributed by atoms with Crippen LogP contribution in [0.1, 0.15) is 41.4 Å². The average molecular weight is 247 g/mol. The topological polar surface area (TPSA) is 85.8 Å². The summed E-state index contributed by atoms with van der Waals surface area (Å²) >= 11 is 0. The van der Waals surface area contributed by atoms with Crippen LogP contribution in [0, 0.1) is 18.3 Å². The number of aryl methyl sites for hydroxylation is 2. The maximum atomic E-state index is 11.8. The number of rotatable bonds is 5. The first-order valence-electron chi connectivity index (χ1n) is 5.98. The molecule has 96 valence electrons. The first kappa shape index (κ1) is 14.0. The molecule has 1 amide bonds. The van der Waals surface area contributed by atoms with E-state index in [1.807, 2.05) is 19.9 Å². The van der Waals surface area contributed by atoms with E-state index in [9.17, 15) is 9.59 Å². The molecule has 0 atom stereocenters. The second-order valence-electron chi connectivity index (χ2n) is 4.09. The van der Waals surface area contributed by atoms with E-state index < -0.39 is 5.91 Å². The molecule has 0 radical (unpaired) electrons. The highest BCUT2D eigenvalue weighted by atomic mass is 16.2. The zero-order chi connectivity index (χ0) is 13.5. The van der Waals surface area contributed by atoms with Gasteiger partial charge in [0.1, 0.15) is 5.56 Å². The van der Waals surface area contributed by atoms with E-state index >= 15 is 0 Å². The first-order chi connectivity index (χ1) is 8.60. The van der Waals surface area contributed by atoms with Crippen LogP contribution >= 0.6 is 0 Å². The molecule has 0 aliphatic rings. The Balaban J connectivity index is 2.91. The minimum Gasteiger partial charge on any atom is -0.351 e. The van der Waals surface area contributed by atoms with Gasteiger partial charge in [0.05, 0.1) is 12.5 Å². The third-order valence-corrected chi connectivity index (χ3v) is 2.61. The van der Waals surface area contributed by atoms with E-state index in [4.69, 9.17) is 5.26 Å². The fourth-order valence-corrected chi connectivity index (χ4v) is 1.68.